The highest BCUT2D eigenvalue weighted by atomic mass is 16.6. The second-order valence-corrected chi connectivity index (χ2v) is 6.62. The number of nitro groups is 1. The molecule has 2 rings (SSSR count). The second kappa shape index (κ2) is 6.85. The Labute approximate surface area is 135 Å². The van der Waals surface area contributed by atoms with Gasteiger partial charge in [-0.3, -0.25) is 10.1 Å². The first-order valence-corrected chi connectivity index (χ1v) is 7.64. The van der Waals surface area contributed by atoms with Gasteiger partial charge in [-0.25, -0.2) is 4.79 Å². The number of nitro benzene ring substituents is 1. The van der Waals surface area contributed by atoms with Crippen molar-refractivity contribution in [1.29, 1.82) is 0 Å². The van der Waals surface area contributed by atoms with Crippen LogP contribution in [-0.4, -0.2) is 28.8 Å². The minimum absolute atomic E-state index is 0.0439. The summed E-state index contributed by atoms with van der Waals surface area (Å²) < 4.78 is 11.0. The second-order valence-electron chi connectivity index (χ2n) is 6.62. The predicted octanol–water partition coefficient (Wildman–Crippen LogP) is 3.42. The Balaban J connectivity index is 1.89. The number of hydrogen-bond acceptors (Lipinski definition) is 5. The van der Waals surface area contributed by atoms with Crippen LogP contribution >= 0.6 is 0 Å². The average Bonchev–Trinajstić information content (AvgIpc) is 2.84. The van der Waals surface area contributed by atoms with Gasteiger partial charge in [0.25, 0.3) is 0 Å². The number of rotatable bonds is 4. The minimum atomic E-state index is -0.538. The van der Waals surface area contributed by atoms with Gasteiger partial charge in [0.15, 0.2) is 5.75 Å². The summed E-state index contributed by atoms with van der Waals surface area (Å²) in [6.45, 7) is 5.42. The Hall–Kier alpha value is -2.31. The number of para-hydroxylation sites is 2. The van der Waals surface area contributed by atoms with Crippen LogP contribution in [0.3, 0.4) is 0 Å². The van der Waals surface area contributed by atoms with E-state index in [2.05, 4.69) is 5.32 Å². The van der Waals surface area contributed by atoms with Gasteiger partial charge in [0.1, 0.15) is 11.7 Å². The van der Waals surface area contributed by atoms with Crippen LogP contribution in [-0.2, 0) is 4.74 Å². The van der Waals surface area contributed by atoms with E-state index >= 15 is 0 Å². The van der Waals surface area contributed by atoms with Crippen molar-refractivity contribution >= 4 is 11.8 Å². The number of nitrogens with one attached hydrogen (secondary N) is 1. The molecule has 1 N–H and O–H groups in total. The molecule has 0 aliphatic heterocycles. The van der Waals surface area contributed by atoms with Crippen LogP contribution in [0.25, 0.3) is 0 Å². The van der Waals surface area contributed by atoms with E-state index < -0.39 is 16.6 Å². The third-order valence-electron chi connectivity index (χ3n) is 3.46. The molecule has 126 valence electrons. The highest BCUT2D eigenvalue weighted by Gasteiger charge is 2.30. The van der Waals surface area contributed by atoms with Gasteiger partial charge < -0.3 is 14.8 Å². The molecular formula is C16H22N2O5. The summed E-state index contributed by atoms with van der Waals surface area (Å²) in [5, 5.41) is 13.8. The van der Waals surface area contributed by atoms with Crippen molar-refractivity contribution in [2.24, 2.45) is 0 Å². The van der Waals surface area contributed by atoms with Gasteiger partial charge in [-0.15, -0.1) is 0 Å². The van der Waals surface area contributed by atoms with Crippen molar-refractivity contribution in [2.45, 2.75) is 57.8 Å². The number of amides is 1. The number of ether oxygens (including phenoxy) is 2. The highest BCUT2D eigenvalue weighted by molar-refractivity contribution is 5.68. The summed E-state index contributed by atoms with van der Waals surface area (Å²) >= 11 is 0. The minimum Gasteiger partial charge on any atom is -0.483 e. The summed E-state index contributed by atoms with van der Waals surface area (Å²) in [5.41, 5.74) is -0.584. The molecule has 1 aliphatic rings. The molecule has 1 fully saturated rings. The van der Waals surface area contributed by atoms with Crippen LogP contribution in [0.4, 0.5) is 10.5 Å². The molecule has 0 bridgehead atoms. The van der Waals surface area contributed by atoms with Gasteiger partial charge in [-0.2, -0.15) is 0 Å². The number of nitrogens with zero attached hydrogens (tertiary/aromatic N) is 1. The Bertz CT molecular complexity index is 582. The number of carbonyl (C=O) groups excluding carboxylic acids is 1. The number of carbonyl (C=O) groups is 1. The largest absolute Gasteiger partial charge is 0.483 e. The van der Waals surface area contributed by atoms with Crippen molar-refractivity contribution in [3.05, 3.63) is 34.4 Å². The van der Waals surface area contributed by atoms with E-state index in [9.17, 15) is 14.9 Å². The summed E-state index contributed by atoms with van der Waals surface area (Å²) in [7, 11) is 0. The lowest BCUT2D eigenvalue weighted by Crippen LogP contribution is -2.38. The third kappa shape index (κ3) is 5.12. The fourth-order valence-corrected chi connectivity index (χ4v) is 2.54. The smallest absolute Gasteiger partial charge is 0.407 e. The Morgan fingerprint density at radius 2 is 2.00 bits per heavy atom. The van der Waals surface area contributed by atoms with Crippen LogP contribution < -0.4 is 10.1 Å². The summed E-state index contributed by atoms with van der Waals surface area (Å²) in [4.78, 5) is 22.3. The Kier molecular flexibility index (Phi) is 5.08. The summed E-state index contributed by atoms with van der Waals surface area (Å²) in [5.74, 6) is 0.264. The fraction of sp³-hybridized carbons (Fsp3) is 0.562. The standard InChI is InChI=1S/C16H22N2O5/c1-16(2,3)23-15(19)17-11-8-9-12(10-11)22-14-7-5-4-6-13(14)18(20)21/h4-7,11-12H,8-10H2,1-3H3,(H,17,19)/t11-,12+/m0/s1. The lowest BCUT2D eigenvalue weighted by atomic mass is 10.2. The van der Waals surface area contributed by atoms with Gasteiger partial charge in [0.05, 0.1) is 4.92 Å². The molecule has 1 amide bonds. The molecule has 1 aliphatic carbocycles. The molecule has 23 heavy (non-hydrogen) atoms. The zero-order valence-electron chi connectivity index (χ0n) is 13.6. The SMILES string of the molecule is CC(C)(C)OC(=O)N[C@H]1CC[C@@H](Oc2ccccc2[N+](=O)[O-])C1. The van der Waals surface area contributed by atoms with E-state index in [-0.39, 0.29) is 23.6 Å². The van der Waals surface area contributed by atoms with E-state index in [1.807, 2.05) is 20.8 Å². The van der Waals surface area contributed by atoms with Gasteiger partial charge in [-0.1, -0.05) is 12.1 Å². The Morgan fingerprint density at radius 1 is 1.30 bits per heavy atom. The molecule has 1 aromatic carbocycles. The number of benzene rings is 1. The van der Waals surface area contributed by atoms with Crippen LogP contribution in [0.5, 0.6) is 5.75 Å². The van der Waals surface area contributed by atoms with Gasteiger partial charge in [-0.05, 0) is 39.7 Å². The summed E-state index contributed by atoms with van der Waals surface area (Å²) in [6, 6.07) is 6.27. The van der Waals surface area contributed by atoms with E-state index in [0.29, 0.717) is 6.42 Å². The monoisotopic (exact) mass is 322 g/mol. The lowest BCUT2D eigenvalue weighted by Gasteiger charge is -2.21. The zero-order chi connectivity index (χ0) is 17.0. The lowest BCUT2D eigenvalue weighted by molar-refractivity contribution is -0.386. The van der Waals surface area contributed by atoms with E-state index in [1.165, 1.54) is 6.07 Å². The topological polar surface area (TPSA) is 90.7 Å². The number of hydrogen-bond donors (Lipinski definition) is 1. The molecule has 0 spiro atoms. The molecular weight excluding hydrogens is 300 g/mol. The Morgan fingerprint density at radius 3 is 2.65 bits per heavy atom. The normalized spacial score (nSPS) is 20.8. The first-order chi connectivity index (χ1) is 10.7. The van der Waals surface area contributed by atoms with Crippen molar-refractivity contribution < 1.29 is 19.2 Å². The fourth-order valence-electron chi connectivity index (χ4n) is 2.54. The molecule has 0 unspecified atom stereocenters. The maximum absolute atomic E-state index is 11.8. The average molecular weight is 322 g/mol. The van der Waals surface area contributed by atoms with Gasteiger partial charge >= 0.3 is 11.8 Å². The molecule has 7 heteroatoms. The maximum Gasteiger partial charge on any atom is 0.407 e. The van der Waals surface area contributed by atoms with Crippen molar-refractivity contribution in [2.75, 3.05) is 0 Å². The van der Waals surface area contributed by atoms with Crippen molar-refractivity contribution in [1.82, 2.24) is 5.32 Å². The molecule has 0 heterocycles. The first-order valence-electron chi connectivity index (χ1n) is 7.64. The number of alkyl carbamates (subject to hydrolysis) is 1. The molecule has 0 radical (unpaired) electrons. The molecule has 0 aromatic heterocycles. The molecule has 1 aromatic rings. The third-order valence-corrected chi connectivity index (χ3v) is 3.46. The van der Waals surface area contributed by atoms with E-state index in [4.69, 9.17) is 9.47 Å². The predicted molar refractivity (Wildman–Crippen MR) is 84.5 cm³/mol. The van der Waals surface area contributed by atoms with Crippen LogP contribution in [0.15, 0.2) is 24.3 Å². The van der Waals surface area contributed by atoms with Gasteiger partial charge in [0, 0.05) is 18.5 Å². The molecule has 0 saturated heterocycles. The van der Waals surface area contributed by atoms with Gasteiger partial charge in [0.2, 0.25) is 0 Å². The molecule has 1 saturated carbocycles. The van der Waals surface area contributed by atoms with Crippen LogP contribution in [0.2, 0.25) is 0 Å². The maximum atomic E-state index is 11.8. The molecule has 2 atom stereocenters. The van der Waals surface area contributed by atoms with Crippen LogP contribution in [0, 0.1) is 10.1 Å². The quantitative estimate of drug-likeness (QED) is 0.677. The highest BCUT2D eigenvalue weighted by Crippen LogP contribution is 2.31. The van der Waals surface area contributed by atoms with E-state index in [0.717, 1.165) is 12.8 Å². The molecule has 7 nitrogen and oxygen atoms in total. The van der Waals surface area contributed by atoms with Crippen molar-refractivity contribution in [3.63, 3.8) is 0 Å². The summed E-state index contributed by atoms with van der Waals surface area (Å²) in [6.07, 6.45) is 1.48. The van der Waals surface area contributed by atoms with E-state index in [1.54, 1.807) is 18.2 Å². The van der Waals surface area contributed by atoms with Crippen LogP contribution in [0.1, 0.15) is 40.0 Å². The van der Waals surface area contributed by atoms with Crippen molar-refractivity contribution in [3.8, 4) is 5.75 Å². The zero-order valence-corrected chi connectivity index (χ0v) is 13.6. The first kappa shape index (κ1) is 17.1.